The lowest BCUT2D eigenvalue weighted by Gasteiger charge is -2.34. The number of hydrogen-bond acceptors (Lipinski definition) is 3. The number of nitrogens with one attached hydrogen (secondary N) is 1. The van der Waals surface area contributed by atoms with E-state index in [0.717, 1.165) is 35.2 Å². The van der Waals surface area contributed by atoms with Gasteiger partial charge in [-0.15, -0.1) is 0 Å². The molecule has 27 heavy (non-hydrogen) atoms. The van der Waals surface area contributed by atoms with Crippen LogP contribution in [-0.4, -0.2) is 30.9 Å². The van der Waals surface area contributed by atoms with E-state index in [9.17, 15) is 9.59 Å². The zero-order chi connectivity index (χ0) is 19.4. The second-order valence-electron chi connectivity index (χ2n) is 7.13. The largest absolute Gasteiger partial charge is 0.355 e. The van der Waals surface area contributed by atoms with Gasteiger partial charge in [0.25, 0.3) is 0 Å². The Balaban J connectivity index is 1.77. The lowest BCUT2D eigenvalue weighted by atomic mass is 9.92. The smallest absolute Gasteiger partial charge is 0.224 e. The summed E-state index contributed by atoms with van der Waals surface area (Å²) in [5, 5.41) is 2.78. The quantitative estimate of drug-likeness (QED) is 0.855. The minimum absolute atomic E-state index is 0.0135. The fraction of sp³-hybridized carbons (Fsp3) is 0.364. The van der Waals surface area contributed by atoms with Gasteiger partial charge in [0.1, 0.15) is 0 Å². The fourth-order valence-electron chi connectivity index (χ4n) is 3.69. The van der Waals surface area contributed by atoms with Gasteiger partial charge in [-0.2, -0.15) is 0 Å². The van der Waals surface area contributed by atoms with E-state index in [0.29, 0.717) is 19.5 Å². The summed E-state index contributed by atoms with van der Waals surface area (Å²) in [7, 11) is 0. The summed E-state index contributed by atoms with van der Waals surface area (Å²) in [6.07, 6.45) is 2.32. The number of nitrogens with zero attached hydrogens (tertiary/aromatic N) is 1. The average Bonchev–Trinajstić information content (AvgIpc) is 2.66. The predicted octanol–water partition coefficient (Wildman–Crippen LogP) is 2.66. The molecule has 0 spiro atoms. The van der Waals surface area contributed by atoms with Crippen molar-refractivity contribution in [2.75, 3.05) is 18.0 Å². The predicted molar refractivity (Wildman–Crippen MR) is 109 cm³/mol. The van der Waals surface area contributed by atoms with E-state index in [2.05, 4.69) is 30.4 Å². The summed E-state index contributed by atoms with van der Waals surface area (Å²) in [5.41, 5.74) is 10.9. The number of carbonyl (C=O) groups is 2. The molecule has 0 radical (unpaired) electrons. The summed E-state index contributed by atoms with van der Waals surface area (Å²) >= 11 is 0. The van der Waals surface area contributed by atoms with Gasteiger partial charge in [-0.05, 0) is 54.2 Å². The van der Waals surface area contributed by atoms with Crippen molar-refractivity contribution in [2.45, 2.75) is 39.2 Å². The van der Waals surface area contributed by atoms with Crippen molar-refractivity contribution in [1.29, 1.82) is 0 Å². The molecular weight excluding hydrogens is 338 g/mol. The third-order valence-electron chi connectivity index (χ3n) is 5.07. The maximum Gasteiger partial charge on any atom is 0.224 e. The van der Waals surface area contributed by atoms with Gasteiger partial charge in [0.05, 0.1) is 6.42 Å². The first kappa shape index (κ1) is 19.1. The van der Waals surface area contributed by atoms with Gasteiger partial charge in [-0.25, -0.2) is 0 Å². The van der Waals surface area contributed by atoms with Crippen LogP contribution in [0.25, 0.3) is 11.1 Å². The molecular formula is C22H27N3O2. The molecule has 1 atom stereocenters. The van der Waals surface area contributed by atoms with E-state index in [1.165, 1.54) is 5.56 Å². The molecule has 5 heteroatoms. The maximum atomic E-state index is 12.0. The first-order valence-electron chi connectivity index (χ1n) is 9.48. The Morgan fingerprint density at radius 2 is 1.85 bits per heavy atom. The van der Waals surface area contributed by atoms with Crippen LogP contribution in [0.2, 0.25) is 0 Å². The SMILES string of the molecule is CC(=O)N1c2ccc(-c3ccc(CC(=O)NCCN)cc3)cc2CC[C@@H]1C. The number of aryl methyl sites for hydroxylation is 1. The van der Waals surface area contributed by atoms with E-state index in [1.54, 1.807) is 6.92 Å². The van der Waals surface area contributed by atoms with Gasteiger partial charge in [0, 0.05) is 31.7 Å². The normalized spacial score (nSPS) is 16.0. The van der Waals surface area contributed by atoms with Crippen molar-refractivity contribution in [2.24, 2.45) is 5.73 Å². The van der Waals surface area contributed by atoms with Gasteiger partial charge >= 0.3 is 0 Å². The molecule has 2 aromatic carbocycles. The molecule has 142 valence electrons. The zero-order valence-corrected chi connectivity index (χ0v) is 16.0. The fourth-order valence-corrected chi connectivity index (χ4v) is 3.69. The van der Waals surface area contributed by atoms with Crippen molar-refractivity contribution in [3.63, 3.8) is 0 Å². The van der Waals surface area contributed by atoms with E-state index in [-0.39, 0.29) is 17.9 Å². The number of benzene rings is 2. The molecule has 1 aliphatic rings. The van der Waals surface area contributed by atoms with Gasteiger partial charge in [-0.3, -0.25) is 9.59 Å². The number of amides is 2. The van der Waals surface area contributed by atoms with Crippen LogP contribution in [-0.2, 0) is 22.4 Å². The third kappa shape index (κ3) is 4.37. The molecule has 0 aliphatic carbocycles. The summed E-state index contributed by atoms with van der Waals surface area (Å²) in [5.74, 6) is 0.0777. The van der Waals surface area contributed by atoms with Crippen molar-refractivity contribution in [3.8, 4) is 11.1 Å². The molecule has 0 saturated heterocycles. The van der Waals surface area contributed by atoms with Crippen molar-refractivity contribution in [1.82, 2.24) is 5.32 Å². The number of hydrogen-bond donors (Lipinski definition) is 2. The highest BCUT2D eigenvalue weighted by Crippen LogP contribution is 2.34. The van der Waals surface area contributed by atoms with Gasteiger partial charge in [0.2, 0.25) is 11.8 Å². The summed E-state index contributed by atoms with van der Waals surface area (Å²) in [6, 6.07) is 14.6. The Morgan fingerprint density at radius 3 is 2.52 bits per heavy atom. The average molecular weight is 365 g/mol. The molecule has 1 aliphatic heterocycles. The van der Waals surface area contributed by atoms with Crippen LogP contribution in [0.3, 0.4) is 0 Å². The Kier molecular flexibility index (Phi) is 5.91. The Hall–Kier alpha value is -2.66. The molecule has 2 aromatic rings. The molecule has 0 bridgehead atoms. The Morgan fingerprint density at radius 1 is 1.15 bits per heavy atom. The standard InChI is InChI=1S/C22H27N3O2/c1-15-3-6-20-14-19(9-10-21(20)25(15)16(2)26)18-7-4-17(5-8-18)13-22(27)24-12-11-23/h4-5,7-10,14-15H,3,6,11-13,23H2,1-2H3,(H,24,27)/t15-/m0/s1. The zero-order valence-electron chi connectivity index (χ0n) is 16.0. The van der Waals surface area contributed by atoms with E-state index >= 15 is 0 Å². The molecule has 5 nitrogen and oxygen atoms in total. The highest BCUT2D eigenvalue weighted by atomic mass is 16.2. The van der Waals surface area contributed by atoms with Gasteiger partial charge < -0.3 is 16.0 Å². The molecule has 1 heterocycles. The molecule has 0 aromatic heterocycles. The highest BCUT2D eigenvalue weighted by Gasteiger charge is 2.26. The first-order valence-corrected chi connectivity index (χ1v) is 9.48. The molecule has 0 fully saturated rings. The van der Waals surface area contributed by atoms with Crippen LogP contribution in [0, 0.1) is 0 Å². The Bertz CT molecular complexity index is 830. The topological polar surface area (TPSA) is 75.4 Å². The number of nitrogens with two attached hydrogens (primary N) is 1. The van der Waals surface area contributed by atoms with Crippen LogP contribution in [0.15, 0.2) is 42.5 Å². The minimum Gasteiger partial charge on any atom is -0.355 e. The monoisotopic (exact) mass is 365 g/mol. The minimum atomic E-state index is -0.0135. The number of carbonyl (C=O) groups excluding carboxylic acids is 2. The first-order chi connectivity index (χ1) is 13.0. The molecule has 0 saturated carbocycles. The van der Waals surface area contributed by atoms with Crippen molar-refractivity contribution >= 4 is 17.5 Å². The molecule has 2 amide bonds. The second kappa shape index (κ2) is 8.35. The maximum absolute atomic E-state index is 12.0. The van der Waals surface area contributed by atoms with Crippen LogP contribution in [0.1, 0.15) is 31.4 Å². The molecule has 0 unspecified atom stereocenters. The number of fused-ring (bicyclic) bond motifs is 1. The summed E-state index contributed by atoms with van der Waals surface area (Å²) < 4.78 is 0. The summed E-state index contributed by atoms with van der Waals surface area (Å²) in [6.45, 7) is 4.67. The van der Waals surface area contributed by atoms with Crippen LogP contribution in [0.5, 0.6) is 0 Å². The van der Waals surface area contributed by atoms with E-state index < -0.39 is 0 Å². The lowest BCUT2D eigenvalue weighted by Crippen LogP contribution is -2.40. The van der Waals surface area contributed by atoms with Gasteiger partial charge in [-0.1, -0.05) is 30.3 Å². The lowest BCUT2D eigenvalue weighted by molar-refractivity contribution is -0.120. The Labute approximate surface area is 160 Å². The van der Waals surface area contributed by atoms with E-state index in [1.807, 2.05) is 29.2 Å². The second-order valence-corrected chi connectivity index (χ2v) is 7.13. The number of rotatable bonds is 5. The van der Waals surface area contributed by atoms with Crippen LogP contribution < -0.4 is 16.0 Å². The highest BCUT2D eigenvalue weighted by molar-refractivity contribution is 5.94. The van der Waals surface area contributed by atoms with Crippen molar-refractivity contribution in [3.05, 3.63) is 53.6 Å². The molecule has 3 rings (SSSR count). The number of anilines is 1. The van der Waals surface area contributed by atoms with Crippen molar-refractivity contribution < 1.29 is 9.59 Å². The van der Waals surface area contributed by atoms with E-state index in [4.69, 9.17) is 5.73 Å². The third-order valence-corrected chi connectivity index (χ3v) is 5.07. The van der Waals surface area contributed by atoms with Crippen LogP contribution >= 0.6 is 0 Å². The van der Waals surface area contributed by atoms with Crippen LogP contribution in [0.4, 0.5) is 5.69 Å². The molecule has 3 N–H and O–H groups in total. The summed E-state index contributed by atoms with van der Waals surface area (Å²) in [4.78, 5) is 25.7. The van der Waals surface area contributed by atoms with Gasteiger partial charge in [0.15, 0.2) is 0 Å².